The summed E-state index contributed by atoms with van der Waals surface area (Å²) >= 11 is 5.94. The quantitative estimate of drug-likeness (QED) is 0.870. The fourth-order valence-corrected chi connectivity index (χ4v) is 3.08. The molecular weight excluding hydrogens is 328 g/mol. The van der Waals surface area contributed by atoms with Crippen LogP contribution in [0.4, 0.5) is 0 Å². The number of hydrogen-bond donors (Lipinski definition) is 2. The second-order valence-electron chi connectivity index (χ2n) is 6.01. The average Bonchev–Trinajstić information content (AvgIpc) is 3.06. The highest BCUT2D eigenvalue weighted by Gasteiger charge is 2.17. The molecule has 1 saturated carbocycles. The van der Waals surface area contributed by atoms with Crippen molar-refractivity contribution in [2.45, 2.75) is 44.6 Å². The molecule has 1 fully saturated rings. The predicted molar refractivity (Wildman–Crippen MR) is 91.8 cm³/mol. The molecule has 24 heavy (non-hydrogen) atoms. The molecule has 0 atom stereocenters. The highest BCUT2D eigenvalue weighted by Crippen LogP contribution is 2.18. The molecule has 1 aromatic heterocycles. The number of halogens is 1. The Morgan fingerprint density at radius 3 is 2.79 bits per heavy atom. The zero-order valence-electron chi connectivity index (χ0n) is 13.2. The Balaban J connectivity index is 1.62. The van der Waals surface area contributed by atoms with Crippen molar-refractivity contribution in [2.75, 3.05) is 0 Å². The predicted octanol–water partition coefficient (Wildman–Crippen LogP) is 2.48. The normalized spacial score (nSPS) is 14.7. The van der Waals surface area contributed by atoms with Gasteiger partial charge in [-0.15, -0.1) is 10.2 Å². The fraction of sp³-hybridized carbons (Fsp3) is 0.412. The number of aromatic amines is 1. The molecule has 0 bridgehead atoms. The van der Waals surface area contributed by atoms with Crippen LogP contribution in [0.25, 0.3) is 11.4 Å². The monoisotopic (exact) mass is 346 g/mol. The van der Waals surface area contributed by atoms with Crippen molar-refractivity contribution >= 4 is 17.5 Å². The van der Waals surface area contributed by atoms with E-state index in [1.54, 1.807) is 24.3 Å². The molecule has 0 aliphatic heterocycles. The Hall–Kier alpha value is -2.21. The summed E-state index contributed by atoms with van der Waals surface area (Å²) in [5, 5.41) is 11.6. The summed E-state index contributed by atoms with van der Waals surface area (Å²) in [6.45, 7) is 0. The van der Waals surface area contributed by atoms with Crippen LogP contribution in [0, 0.1) is 0 Å². The minimum atomic E-state index is -0.325. The molecule has 7 heteroatoms. The van der Waals surface area contributed by atoms with Gasteiger partial charge in [-0.1, -0.05) is 36.6 Å². The maximum atomic E-state index is 12.1. The highest BCUT2D eigenvalue weighted by molar-refractivity contribution is 6.30. The topological polar surface area (TPSA) is 87.7 Å². The number of aromatic nitrogens is 3. The minimum Gasteiger partial charge on any atom is -0.353 e. The van der Waals surface area contributed by atoms with Crippen molar-refractivity contribution in [1.29, 1.82) is 0 Å². The first-order valence-electron chi connectivity index (χ1n) is 8.13. The molecule has 3 rings (SSSR count). The molecule has 0 spiro atoms. The summed E-state index contributed by atoms with van der Waals surface area (Å²) < 4.78 is 0. The van der Waals surface area contributed by atoms with Crippen LogP contribution < -0.4 is 10.9 Å². The summed E-state index contributed by atoms with van der Waals surface area (Å²) in [6.07, 6.45) is 4.94. The van der Waals surface area contributed by atoms with Crippen molar-refractivity contribution in [1.82, 2.24) is 20.5 Å². The van der Waals surface area contributed by atoms with Gasteiger partial charge in [0, 0.05) is 29.5 Å². The number of nitrogens with one attached hydrogen (secondary N) is 2. The van der Waals surface area contributed by atoms with E-state index in [0.29, 0.717) is 16.4 Å². The van der Waals surface area contributed by atoms with Crippen molar-refractivity contribution < 1.29 is 4.79 Å². The third-order valence-corrected chi connectivity index (χ3v) is 4.41. The lowest BCUT2D eigenvalue weighted by atomic mass is 10.2. The summed E-state index contributed by atoms with van der Waals surface area (Å²) in [5.74, 6) is 0.323. The summed E-state index contributed by atoms with van der Waals surface area (Å²) in [4.78, 5) is 26.8. The van der Waals surface area contributed by atoms with Gasteiger partial charge in [0.1, 0.15) is 5.69 Å². The molecule has 1 heterocycles. The van der Waals surface area contributed by atoms with E-state index in [1.807, 2.05) is 0 Å². The average molecular weight is 347 g/mol. The maximum absolute atomic E-state index is 12.1. The van der Waals surface area contributed by atoms with Gasteiger partial charge in [-0.25, -0.2) is 0 Å². The Bertz CT molecular complexity index is 784. The number of nitrogens with zero attached hydrogens (tertiary/aromatic N) is 2. The van der Waals surface area contributed by atoms with E-state index < -0.39 is 0 Å². The number of carbonyl (C=O) groups excluding carboxylic acids is 1. The van der Waals surface area contributed by atoms with Gasteiger partial charge in [0.25, 0.3) is 5.56 Å². The summed E-state index contributed by atoms with van der Waals surface area (Å²) in [5.41, 5.74) is 0.633. The lowest BCUT2D eigenvalue weighted by Gasteiger charge is -2.11. The van der Waals surface area contributed by atoms with E-state index in [0.717, 1.165) is 12.8 Å². The van der Waals surface area contributed by atoms with Crippen LogP contribution >= 0.6 is 11.6 Å². The number of carbonyl (C=O) groups is 1. The molecule has 0 saturated heterocycles. The first kappa shape index (κ1) is 16.6. The minimum absolute atomic E-state index is 0.0398. The van der Waals surface area contributed by atoms with Crippen LogP contribution in [0.15, 0.2) is 29.1 Å². The van der Waals surface area contributed by atoms with Crippen LogP contribution in [0.3, 0.4) is 0 Å². The molecule has 126 valence electrons. The second kappa shape index (κ2) is 7.57. The lowest BCUT2D eigenvalue weighted by Crippen LogP contribution is -2.33. The zero-order chi connectivity index (χ0) is 16.9. The standard InChI is InChI=1S/C17H19ClN4O2/c18-12-5-3-4-11(10-12)16-20-17(24)14(21-22-16)8-9-15(23)19-13-6-1-2-7-13/h3-5,10,13H,1-2,6-9H2,(H,19,23)(H,20,22,24). The van der Waals surface area contributed by atoms with Gasteiger partial charge in [-0.2, -0.15) is 0 Å². The largest absolute Gasteiger partial charge is 0.353 e. The Labute approximate surface area is 144 Å². The van der Waals surface area contributed by atoms with Gasteiger partial charge in [0.2, 0.25) is 5.91 Å². The van der Waals surface area contributed by atoms with Gasteiger partial charge in [0.15, 0.2) is 5.82 Å². The summed E-state index contributed by atoms with van der Waals surface area (Å²) in [7, 11) is 0. The first-order chi connectivity index (χ1) is 11.6. The highest BCUT2D eigenvalue weighted by atomic mass is 35.5. The number of hydrogen-bond acceptors (Lipinski definition) is 4. The zero-order valence-corrected chi connectivity index (χ0v) is 14.0. The number of rotatable bonds is 5. The van der Waals surface area contributed by atoms with E-state index in [-0.39, 0.29) is 36.0 Å². The van der Waals surface area contributed by atoms with Gasteiger partial charge >= 0.3 is 0 Å². The molecule has 0 unspecified atom stereocenters. The van der Waals surface area contributed by atoms with Crippen LogP contribution in [0.5, 0.6) is 0 Å². The van der Waals surface area contributed by atoms with Gasteiger partial charge < -0.3 is 10.3 Å². The Kier molecular flexibility index (Phi) is 5.25. The third kappa shape index (κ3) is 4.20. The van der Waals surface area contributed by atoms with Crippen molar-refractivity contribution in [3.8, 4) is 11.4 Å². The Morgan fingerprint density at radius 2 is 2.08 bits per heavy atom. The number of amides is 1. The number of H-pyrrole nitrogens is 1. The SMILES string of the molecule is O=C(CCc1nnc(-c2cccc(Cl)c2)[nH]c1=O)NC1CCCC1. The smallest absolute Gasteiger partial charge is 0.273 e. The van der Waals surface area contributed by atoms with Gasteiger partial charge in [-0.3, -0.25) is 9.59 Å². The molecule has 1 aromatic carbocycles. The van der Waals surface area contributed by atoms with E-state index in [1.165, 1.54) is 12.8 Å². The number of benzene rings is 1. The lowest BCUT2D eigenvalue weighted by molar-refractivity contribution is -0.121. The molecule has 2 aromatic rings. The third-order valence-electron chi connectivity index (χ3n) is 4.17. The molecule has 0 radical (unpaired) electrons. The van der Waals surface area contributed by atoms with E-state index in [2.05, 4.69) is 20.5 Å². The molecule has 2 N–H and O–H groups in total. The Morgan fingerprint density at radius 1 is 1.29 bits per heavy atom. The van der Waals surface area contributed by atoms with E-state index in [4.69, 9.17) is 11.6 Å². The second-order valence-corrected chi connectivity index (χ2v) is 6.45. The van der Waals surface area contributed by atoms with Crippen molar-refractivity contribution in [2.24, 2.45) is 0 Å². The van der Waals surface area contributed by atoms with Crippen molar-refractivity contribution in [3.05, 3.63) is 45.3 Å². The van der Waals surface area contributed by atoms with E-state index in [9.17, 15) is 9.59 Å². The van der Waals surface area contributed by atoms with Crippen molar-refractivity contribution in [3.63, 3.8) is 0 Å². The fourth-order valence-electron chi connectivity index (χ4n) is 2.89. The van der Waals surface area contributed by atoms with Crippen LogP contribution in [0.2, 0.25) is 5.02 Å². The van der Waals surface area contributed by atoms with E-state index >= 15 is 0 Å². The van der Waals surface area contributed by atoms with Crippen LogP contribution in [-0.2, 0) is 11.2 Å². The molecule has 1 aliphatic rings. The summed E-state index contributed by atoms with van der Waals surface area (Å²) in [6, 6.07) is 7.30. The molecule has 1 aliphatic carbocycles. The molecular formula is C17H19ClN4O2. The van der Waals surface area contributed by atoms with Gasteiger partial charge in [-0.05, 0) is 25.0 Å². The molecule has 6 nitrogen and oxygen atoms in total. The van der Waals surface area contributed by atoms with Gasteiger partial charge in [0.05, 0.1) is 0 Å². The number of aryl methyl sites for hydroxylation is 1. The maximum Gasteiger partial charge on any atom is 0.273 e. The van der Waals surface area contributed by atoms with Crippen LogP contribution in [0.1, 0.15) is 37.8 Å². The van der Waals surface area contributed by atoms with Crippen LogP contribution in [-0.4, -0.2) is 27.1 Å². The first-order valence-corrected chi connectivity index (χ1v) is 8.51. The molecule has 1 amide bonds.